The van der Waals surface area contributed by atoms with Crippen LogP contribution >= 0.6 is 0 Å². The minimum absolute atomic E-state index is 0.116. The fourth-order valence-corrected chi connectivity index (χ4v) is 2.54. The zero-order valence-electron chi connectivity index (χ0n) is 14.2. The number of nitrogens with zero attached hydrogens (tertiary/aromatic N) is 2. The van der Waals surface area contributed by atoms with Gasteiger partial charge in [0.1, 0.15) is 6.07 Å². The lowest BCUT2D eigenvalue weighted by molar-refractivity contribution is -0.149. The van der Waals surface area contributed by atoms with Crippen molar-refractivity contribution in [2.45, 2.75) is 26.4 Å². The van der Waals surface area contributed by atoms with E-state index >= 15 is 0 Å². The summed E-state index contributed by atoms with van der Waals surface area (Å²) in [7, 11) is 0. The molecule has 0 saturated heterocycles. The van der Waals surface area contributed by atoms with Crippen LogP contribution in [0, 0.1) is 34.3 Å². The highest BCUT2D eigenvalue weighted by Crippen LogP contribution is 2.52. The summed E-state index contributed by atoms with van der Waals surface area (Å²) >= 11 is 0. The van der Waals surface area contributed by atoms with E-state index in [4.69, 9.17) is 9.47 Å². The summed E-state index contributed by atoms with van der Waals surface area (Å²) in [6.45, 7) is 3.88. The molecule has 2 aromatic rings. The van der Waals surface area contributed by atoms with Crippen molar-refractivity contribution in [1.82, 2.24) is 4.98 Å². The van der Waals surface area contributed by atoms with Crippen LogP contribution in [-0.4, -0.2) is 11.0 Å². The molecule has 1 unspecified atom stereocenters. The van der Waals surface area contributed by atoms with Crippen molar-refractivity contribution >= 4 is 5.97 Å². The Balaban J connectivity index is 1.77. The first kappa shape index (κ1) is 17.8. The molecule has 134 valence electrons. The first-order valence-corrected chi connectivity index (χ1v) is 8.01. The van der Waals surface area contributed by atoms with Gasteiger partial charge >= 0.3 is 5.97 Å². The van der Waals surface area contributed by atoms with Crippen molar-refractivity contribution in [3.63, 3.8) is 0 Å². The average molecular weight is 358 g/mol. The van der Waals surface area contributed by atoms with Crippen LogP contribution in [0.3, 0.4) is 0 Å². The number of nitriles is 1. The van der Waals surface area contributed by atoms with E-state index in [-0.39, 0.29) is 22.9 Å². The number of halogens is 2. The number of pyridine rings is 1. The van der Waals surface area contributed by atoms with Gasteiger partial charge in [0, 0.05) is 6.07 Å². The molecule has 1 aromatic carbocycles. The molecular formula is C19H16F2N2O3. The number of hydrogen-bond acceptors (Lipinski definition) is 5. The zero-order valence-corrected chi connectivity index (χ0v) is 14.2. The highest BCUT2D eigenvalue weighted by molar-refractivity contribution is 5.77. The fraction of sp³-hybridized carbons (Fsp3) is 0.316. The number of aromatic nitrogens is 1. The molecule has 0 bridgehead atoms. The van der Waals surface area contributed by atoms with Crippen LogP contribution in [0.1, 0.15) is 32.1 Å². The zero-order chi connectivity index (χ0) is 18.9. The Morgan fingerprint density at radius 3 is 2.46 bits per heavy atom. The first-order valence-electron chi connectivity index (χ1n) is 8.01. The summed E-state index contributed by atoms with van der Waals surface area (Å²) in [6.07, 6.45) is -0.527. The number of carbonyl (C=O) groups excluding carboxylic acids is 1. The van der Waals surface area contributed by atoms with Crippen molar-refractivity contribution in [3.8, 4) is 17.7 Å². The molecule has 1 saturated carbocycles. The molecule has 1 heterocycles. The molecule has 0 aliphatic heterocycles. The van der Waals surface area contributed by atoms with Crippen LogP contribution in [0.2, 0.25) is 0 Å². The molecule has 26 heavy (non-hydrogen) atoms. The Morgan fingerprint density at radius 1 is 1.27 bits per heavy atom. The predicted octanol–water partition coefficient (Wildman–Crippen LogP) is 4.31. The van der Waals surface area contributed by atoms with Crippen molar-refractivity contribution in [3.05, 3.63) is 53.7 Å². The van der Waals surface area contributed by atoms with E-state index < -0.39 is 29.5 Å². The molecule has 5 nitrogen and oxygen atoms in total. The molecule has 2 atom stereocenters. The fourth-order valence-electron chi connectivity index (χ4n) is 2.54. The van der Waals surface area contributed by atoms with Crippen LogP contribution in [0.4, 0.5) is 8.78 Å². The van der Waals surface area contributed by atoms with E-state index in [2.05, 4.69) is 4.98 Å². The lowest BCUT2D eigenvalue weighted by atomic mass is 10.1. The number of rotatable bonds is 5. The SMILES string of the molecule is CC1(C)C[C@H]1C(=O)OC(C#N)c1cccc(Oc2c(F)cccc2F)n1. The molecule has 7 heteroatoms. The van der Waals surface area contributed by atoms with E-state index in [9.17, 15) is 18.8 Å². The van der Waals surface area contributed by atoms with Crippen molar-refractivity contribution in [2.75, 3.05) is 0 Å². The normalized spacial score (nSPS) is 18.5. The van der Waals surface area contributed by atoms with Crippen LogP contribution in [0.15, 0.2) is 36.4 Å². The van der Waals surface area contributed by atoms with Gasteiger partial charge in [-0.1, -0.05) is 26.0 Å². The third-order valence-electron chi connectivity index (χ3n) is 4.29. The lowest BCUT2D eigenvalue weighted by Gasteiger charge is -2.13. The van der Waals surface area contributed by atoms with Crippen LogP contribution in [0.25, 0.3) is 0 Å². The topological polar surface area (TPSA) is 72.2 Å². The van der Waals surface area contributed by atoms with Crippen molar-refractivity contribution in [1.29, 1.82) is 5.26 Å². The van der Waals surface area contributed by atoms with Gasteiger partial charge in [0.05, 0.1) is 11.6 Å². The van der Waals surface area contributed by atoms with Gasteiger partial charge in [-0.15, -0.1) is 0 Å². The summed E-state index contributed by atoms with van der Waals surface area (Å²) in [5.41, 5.74) is -0.00811. The molecule has 1 aromatic heterocycles. The Kier molecular flexibility index (Phi) is 4.60. The van der Waals surface area contributed by atoms with Gasteiger partial charge in [0.2, 0.25) is 17.7 Å². The third kappa shape index (κ3) is 3.64. The minimum Gasteiger partial charge on any atom is -0.440 e. The quantitative estimate of drug-likeness (QED) is 0.745. The van der Waals surface area contributed by atoms with Gasteiger partial charge < -0.3 is 9.47 Å². The third-order valence-corrected chi connectivity index (χ3v) is 4.29. The molecule has 0 radical (unpaired) electrons. The van der Waals surface area contributed by atoms with Gasteiger partial charge in [-0.3, -0.25) is 4.79 Å². The second kappa shape index (κ2) is 6.71. The number of esters is 1. The Labute approximate surface area is 149 Å². The maximum absolute atomic E-state index is 13.7. The van der Waals surface area contributed by atoms with E-state index in [0.29, 0.717) is 6.42 Å². The van der Waals surface area contributed by atoms with Crippen molar-refractivity contribution in [2.24, 2.45) is 11.3 Å². The summed E-state index contributed by atoms with van der Waals surface area (Å²) in [4.78, 5) is 16.1. The summed E-state index contributed by atoms with van der Waals surface area (Å²) < 4.78 is 37.8. The van der Waals surface area contributed by atoms with Gasteiger partial charge in [-0.2, -0.15) is 5.26 Å². The number of para-hydroxylation sites is 1. The van der Waals surface area contributed by atoms with Crippen LogP contribution in [0.5, 0.6) is 11.6 Å². The molecule has 3 rings (SSSR count). The maximum Gasteiger partial charge on any atom is 0.311 e. The van der Waals surface area contributed by atoms with Crippen molar-refractivity contribution < 1.29 is 23.0 Å². The number of hydrogen-bond donors (Lipinski definition) is 0. The van der Waals surface area contributed by atoms with Gasteiger partial charge in [-0.05, 0) is 30.0 Å². The Bertz CT molecular complexity index is 872. The van der Waals surface area contributed by atoms with Gasteiger partial charge in [-0.25, -0.2) is 13.8 Å². The number of benzene rings is 1. The monoisotopic (exact) mass is 358 g/mol. The van der Waals surface area contributed by atoms with E-state index in [1.165, 1.54) is 24.3 Å². The summed E-state index contributed by atoms with van der Waals surface area (Å²) in [5.74, 6) is -3.18. The summed E-state index contributed by atoms with van der Waals surface area (Å²) in [5, 5.41) is 9.30. The molecular weight excluding hydrogens is 342 g/mol. The minimum atomic E-state index is -1.23. The maximum atomic E-state index is 13.7. The van der Waals surface area contributed by atoms with Gasteiger partial charge in [0.15, 0.2) is 11.6 Å². The summed E-state index contributed by atoms with van der Waals surface area (Å²) in [6, 6.07) is 9.54. The standard InChI is InChI=1S/C19H16F2N2O3/c1-19(2)9-11(19)18(24)25-15(10-22)14-7-4-8-16(23-14)26-17-12(20)5-3-6-13(17)21/h3-8,11,15H,9H2,1-2H3/t11-,15?/m0/s1. The van der Waals surface area contributed by atoms with E-state index in [0.717, 1.165) is 12.1 Å². The second-order valence-electron chi connectivity index (χ2n) is 6.74. The molecule has 0 spiro atoms. The van der Waals surface area contributed by atoms with E-state index in [1.54, 1.807) is 0 Å². The first-order chi connectivity index (χ1) is 12.3. The predicted molar refractivity (Wildman–Crippen MR) is 87.0 cm³/mol. The molecule has 0 amide bonds. The lowest BCUT2D eigenvalue weighted by Crippen LogP contribution is -2.15. The number of ether oxygens (including phenoxy) is 2. The second-order valence-corrected chi connectivity index (χ2v) is 6.74. The number of carbonyl (C=O) groups is 1. The molecule has 1 fully saturated rings. The smallest absolute Gasteiger partial charge is 0.311 e. The highest BCUT2D eigenvalue weighted by Gasteiger charge is 2.52. The Morgan fingerprint density at radius 2 is 1.88 bits per heavy atom. The average Bonchev–Trinajstić information content (AvgIpc) is 3.25. The van der Waals surface area contributed by atoms with E-state index in [1.807, 2.05) is 19.9 Å². The largest absolute Gasteiger partial charge is 0.440 e. The molecule has 1 aliphatic rings. The molecule has 0 N–H and O–H groups in total. The highest BCUT2D eigenvalue weighted by atomic mass is 19.1. The van der Waals surface area contributed by atoms with Crippen LogP contribution in [-0.2, 0) is 9.53 Å². The van der Waals surface area contributed by atoms with Crippen LogP contribution < -0.4 is 4.74 Å². The Hall–Kier alpha value is -3.01. The van der Waals surface area contributed by atoms with Gasteiger partial charge in [0.25, 0.3) is 0 Å². The molecule has 1 aliphatic carbocycles.